The fraction of sp³-hybridized carbons (Fsp3) is 0.0526. The third-order valence-corrected chi connectivity index (χ3v) is 3.20. The van der Waals surface area contributed by atoms with Gasteiger partial charge >= 0.3 is 5.97 Å². The van der Waals surface area contributed by atoms with Crippen molar-refractivity contribution in [2.75, 3.05) is 0 Å². The molecule has 0 unspecified atom stereocenters. The number of rotatable bonds is 5. The van der Waals surface area contributed by atoms with Crippen molar-refractivity contribution in [3.63, 3.8) is 0 Å². The summed E-state index contributed by atoms with van der Waals surface area (Å²) in [5.74, 6) is -1.69. The maximum Gasteiger partial charge on any atom is 0.339 e. The van der Waals surface area contributed by atoms with Gasteiger partial charge in [0.2, 0.25) is 0 Å². The number of allylic oxidation sites excluding steroid dienone is 2. The number of Topliss-reactive ketones (excluding diaryl/α,β-unsaturated/α-hetero) is 1. The molecule has 0 bridgehead atoms. The normalized spacial score (nSPS) is 10.9. The van der Waals surface area contributed by atoms with Gasteiger partial charge in [-0.15, -0.1) is 0 Å². The van der Waals surface area contributed by atoms with Gasteiger partial charge in [0.05, 0.1) is 0 Å². The van der Waals surface area contributed by atoms with Crippen LogP contribution in [0.15, 0.2) is 78.4 Å². The fourth-order valence-corrected chi connectivity index (χ4v) is 2.10. The van der Waals surface area contributed by atoms with Crippen LogP contribution in [0, 0.1) is 0 Å². The first-order valence-corrected chi connectivity index (χ1v) is 6.86. The zero-order chi connectivity index (χ0) is 15.9. The average molecular weight is 292 g/mol. The Balaban J connectivity index is 2.55. The number of carboxylic acids is 1. The number of carboxylic acid groups (broad SMARTS) is 1. The number of carbonyl (C=O) groups excluding carboxylic acids is 1. The summed E-state index contributed by atoms with van der Waals surface area (Å²) in [7, 11) is 0. The molecule has 0 saturated carbocycles. The maximum absolute atomic E-state index is 11.4. The Morgan fingerprint density at radius 2 is 1.27 bits per heavy atom. The lowest BCUT2D eigenvalue weighted by Gasteiger charge is -2.07. The third-order valence-electron chi connectivity index (χ3n) is 3.20. The van der Waals surface area contributed by atoms with Crippen molar-refractivity contribution in [2.24, 2.45) is 0 Å². The largest absolute Gasteiger partial charge is 0.478 e. The number of hydrogen-bond donors (Lipinski definition) is 1. The van der Waals surface area contributed by atoms with E-state index < -0.39 is 11.8 Å². The van der Waals surface area contributed by atoms with Crippen molar-refractivity contribution >= 4 is 17.3 Å². The van der Waals surface area contributed by atoms with Gasteiger partial charge < -0.3 is 5.11 Å². The number of hydrogen-bond acceptors (Lipinski definition) is 2. The van der Waals surface area contributed by atoms with E-state index in [1.807, 2.05) is 60.7 Å². The molecule has 2 aromatic rings. The van der Waals surface area contributed by atoms with E-state index in [1.165, 1.54) is 13.0 Å². The topological polar surface area (TPSA) is 54.4 Å². The zero-order valence-electron chi connectivity index (χ0n) is 12.2. The minimum absolute atomic E-state index is 0.232. The molecule has 2 rings (SSSR count). The number of carbonyl (C=O) groups is 2. The minimum Gasteiger partial charge on any atom is -0.478 e. The quantitative estimate of drug-likeness (QED) is 0.395. The van der Waals surface area contributed by atoms with Gasteiger partial charge in [-0.25, -0.2) is 4.79 Å². The standard InChI is InChI=1S/C19H16O3/c1-14(20)17(19(21)22)12-13-18(15-8-4-2-5-9-15)16-10-6-3-7-11-16/h2-13H,1H3,(H,21,22). The molecule has 0 aliphatic heterocycles. The summed E-state index contributed by atoms with van der Waals surface area (Å²) < 4.78 is 0. The predicted molar refractivity (Wildman–Crippen MR) is 86.4 cm³/mol. The Bertz CT molecular complexity index is 668. The Morgan fingerprint density at radius 1 is 0.818 bits per heavy atom. The lowest BCUT2D eigenvalue weighted by Crippen LogP contribution is -2.08. The highest BCUT2D eigenvalue weighted by molar-refractivity contribution is 6.16. The first-order chi connectivity index (χ1) is 10.6. The summed E-state index contributed by atoms with van der Waals surface area (Å²) in [6, 6.07) is 19.3. The van der Waals surface area contributed by atoms with Crippen LogP contribution >= 0.6 is 0 Å². The molecule has 0 heterocycles. The van der Waals surface area contributed by atoms with Crippen LogP contribution in [0.2, 0.25) is 0 Å². The first-order valence-electron chi connectivity index (χ1n) is 6.86. The van der Waals surface area contributed by atoms with Gasteiger partial charge in [-0.05, 0) is 29.7 Å². The molecule has 0 aliphatic carbocycles. The number of ketones is 1. The Kier molecular flexibility index (Phi) is 5.04. The van der Waals surface area contributed by atoms with E-state index in [1.54, 1.807) is 6.08 Å². The van der Waals surface area contributed by atoms with E-state index >= 15 is 0 Å². The molecule has 110 valence electrons. The molecule has 0 amide bonds. The van der Waals surface area contributed by atoms with Crippen molar-refractivity contribution < 1.29 is 14.7 Å². The molecule has 0 aromatic heterocycles. The molecular weight excluding hydrogens is 276 g/mol. The van der Waals surface area contributed by atoms with E-state index in [9.17, 15) is 9.59 Å². The molecular formula is C19H16O3. The SMILES string of the molecule is CC(=O)C(=CC=C(c1ccccc1)c1ccccc1)C(=O)O. The van der Waals surface area contributed by atoms with Crippen LogP contribution in [0.5, 0.6) is 0 Å². The molecule has 0 atom stereocenters. The van der Waals surface area contributed by atoms with Crippen LogP contribution in [0.4, 0.5) is 0 Å². The minimum atomic E-state index is -1.22. The van der Waals surface area contributed by atoms with Gasteiger partial charge in [0.1, 0.15) is 5.57 Å². The Labute approximate surface area is 129 Å². The molecule has 0 radical (unpaired) electrons. The molecule has 2 aromatic carbocycles. The van der Waals surface area contributed by atoms with Crippen LogP contribution in [-0.2, 0) is 9.59 Å². The Morgan fingerprint density at radius 3 is 1.64 bits per heavy atom. The van der Waals surface area contributed by atoms with Crippen molar-refractivity contribution in [1.29, 1.82) is 0 Å². The fourth-order valence-electron chi connectivity index (χ4n) is 2.10. The summed E-state index contributed by atoms with van der Waals surface area (Å²) in [6.45, 7) is 1.25. The van der Waals surface area contributed by atoms with Crippen LogP contribution in [-0.4, -0.2) is 16.9 Å². The second kappa shape index (κ2) is 7.18. The van der Waals surface area contributed by atoms with E-state index in [0.717, 1.165) is 16.7 Å². The molecule has 0 saturated heterocycles. The average Bonchev–Trinajstić information content (AvgIpc) is 2.52. The van der Waals surface area contributed by atoms with Gasteiger partial charge in [-0.3, -0.25) is 4.79 Å². The van der Waals surface area contributed by atoms with Crippen molar-refractivity contribution in [3.05, 3.63) is 89.5 Å². The van der Waals surface area contributed by atoms with Crippen molar-refractivity contribution in [2.45, 2.75) is 6.92 Å². The van der Waals surface area contributed by atoms with Gasteiger partial charge in [0, 0.05) is 0 Å². The smallest absolute Gasteiger partial charge is 0.339 e. The highest BCUT2D eigenvalue weighted by atomic mass is 16.4. The molecule has 0 aliphatic rings. The molecule has 1 N–H and O–H groups in total. The second-order valence-electron chi connectivity index (χ2n) is 4.75. The highest BCUT2D eigenvalue weighted by Gasteiger charge is 2.12. The monoisotopic (exact) mass is 292 g/mol. The Hall–Kier alpha value is -2.94. The molecule has 3 heteroatoms. The zero-order valence-corrected chi connectivity index (χ0v) is 12.2. The third kappa shape index (κ3) is 3.79. The summed E-state index contributed by atoms with van der Waals surface area (Å²) in [4.78, 5) is 22.5. The number of aliphatic carboxylic acids is 1. The molecule has 3 nitrogen and oxygen atoms in total. The van der Waals surface area contributed by atoms with Crippen LogP contribution in [0.1, 0.15) is 18.1 Å². The van der Waals surface area contributed by atoms with E-state index in [-0.39, 0.29) is 5.57 Å². The van der Waals surface area contributed by atoms with Crippen molar-refractivity contribution in [3.8, 4) is 0 Å². The highest BCUT2D eigenvalue weighted by Crippen LogP contribution is 2.23. The lowest BCUT2D eigenvalue weighted by molar-refractivity contribution is -0.134. The summed E-state index contributed by atoms with van der Waals surface area (Å²) in [5.41, 5.74) is 2.54. The van der Waals surface area contributed by atoms with Crippen LogP contribution in [0.3, 0.4) is 0 Å². The van der Waals surface area contributed by atoms with E-state index in [0.29, 0.717) is 0 Å². The van der Waals surface area contributed by atoms with Gasteiger partial charge in [0.25, 0.3) is 0 Å². The van der Waals surface area contributed by atoms with Gasteiger partial charge in [-0.2, -0.15) is 0 Å². The van der Waals surface area contributed by atoms with Gasteiger partial charge in [0.15, 0.2) is 5.78 Å². The van der Waals surface area contributed by atoms with Crippen molar-refractivity contribution in [1.82, 2.24) is 0 Å². The summed E-state index contributed by atoms with van der Waals surface area (Å²) in [6.07, 6.45) is 3.04. The predicted octanol–water partition coefficient (Wildman–Crippen LogP) is 3.72. The first kappa shape index (κ1) is 15.4. The number of benzene rings is 2. The summed E-state index contributed by atoms with van der Waals surface area (Å²) in [5, 5.41) is 9.08. The molecule has 22 heavy (non-hydrogen) atoms. The molecule has 0 spiro atoms. The van der Waals surface area contributed by atoms with E-state index in [4.69, 9.17) is 5.11 Å². The van der Waals surface area contributed by atoms with Crippen LogP contribution in [0.25, 0.3) is 5.57 Å². The van der Waals surface area contributed by atoms with E-state index in [2.05, 4.69) is 0 Å². The summed E-state index contributed by atoms with van der Waals surface area (Å²) >= 11 is 0. The van der Waals surface area contributed by atoms with Gasteiger partial charge in [-0.1, -0.05) is 66.7 Å². The van der Waals surface area contributed by atoms with Crippen LogP contribution < -0.4 is 0 Å². The molecule has 0 fully saturated rings. The maximum atomic E-state index is 11.4. The lowest BCUT2D eigenvalue weighted by atomic mass is 9.97. The second-order valence-corrected chi connectivity index (χ2v) is 4.75.